The van der Waals surface area contributed by atoms with E-state index in [0.717, 1.165) is 19.3 Å². The zero-order valence-corrected chi connectivity index (χ0v) is 15.0. The molecular formula is C21H34O2. The fourth-order valence-corrected chi connectivity index (χ4v) is 2.40. The number of aliphatic carboxylic acids is 1. The zero-order valence-electron chi connectivity index (χ0n) is 15.0. The minimum absolute atomic E-state index is 0.242. The van der Waals surface area contributed by atoms with Crippen molar-refractivity contribution in [3.63, 3.8) is 0 Å². The molecular weight excluding hydrogens is 284 g/mol. The van der Waals surface area contributed by atoms with Crippen LogP contribution in [0.3, 0.4) is 0 Å². The first-order valence-corrected chi connectivity index (χ1v) is 9.45. The fraction of sp³-hybridized carbons (Fsp3) is 0.762. The summed E-state index contributed by atoms with van der Waals surface area (Å²) in [5, 5.41) is 8.49. The first-order chi connectivity index (χ1) is 11.3. The smallest absolute Gasteiger partial charge is 0.303 e. The third-order valence-corrected chi connectivity index (χ3v) is 3.84. The summed E-state index contributed by atoms with van der Waals surface area (Å²) in [4.78, 5) is 10.3. The van der Waals surface area contributed by atoms with Crippen molar-refractivity contribution >= 4 is 5.97 Å². The second-order valence-electron chi connectivity index (χ2n) is 6.14. The number of unbranched alkanes of at least 4 members (excludes halogenated alkanes) is 12. The molecule has 0 radical (unpaired) electrons. The maximum atomic E-state index is 10.3. The van der Waals surface area contributed by atoms with Gasteiger partial charge >= 0.3 is 5.97 Å². The minimum Gasteiger partial charge on any atom is -0.481 e. The second-order valence-corrected chi connectivity index (χ2v) is 6.14. The van der Waals surface area contributed by atoms with Crippen LogP contribution in [-0.2, 0) is 4.79 Å². The molecule has 0 spiro atoms. The lowest BCUT2D eigenvalue weighted by molar-refractivity contribution is -0.137. The lowest BCUT2D eigenvalue weighted by Crippen LogP contribution is -1.92. The summed E-state index contributed by atoms with van der Waals surface area (Å²) in [5.74, 6) is 11.1. The third-order valence-electron chi connectivity index (χ3n) is 3.84. The van der Waals surface area contributed by atoms with Crippen molar-refractivity contribution in [2.24, 2.45) is 0 Å². The number of carboxylic acid groups (broad SMARTS) is 1. The van der Waals surface area contributed by atoms with Crippen LogP contribution in [0, 0.1) is 23.7 Å². The van der Waals surface area contributed by atoms with Gasteiger partial charge in [0.05, 0.1) is 0 Å². The van der Waals surface area contributed by atoms with Gasteiger partial charge in [-0.25, -0.2) is 0 Å². The zero-order chi connectivity index (χ0) is 17.0. The lowest BCUT2D eigenvalue weighted by atomic mass is 10.1. The van der Waals surface area contributed by atoms with Gasteiger partial charge in [0, 0.05) is 19.3 Å². The van der Waals surface area contributed by atoms with Crippen molar-refractivity contribution in [2.75, 3.05) is 0 Å². The van der Waals surface area contributed by atoms with E-state index in [1.807, 2.05) is 0 Å². The van der Waals surface area contributed by atoms with Crippen LogP contribution in [0.25, 0.3) is 0 Å². The van der Waals surface area contributed by atoms with E-state index >= 15 is 0 Å². The molecule has 0 saturated heterocycles. The van der Waals surface area contributed by atoms with E-state index in [1.165, 1.54) is 64.2 Å². The van der Waals surface area contributed by atoms with Gasteiger partial charge in [0.15, 0.2) is 0 Å². The van der Waals surface area contributed by atoms with Gasteiger partial charge in [0.1, 0.15) is 0 Å². The summed E-state index contributed by atoms with van der Waals surface area (Å²) in [6.45, 7) is 2.26. The van der Waals surface area contributed by atoms with Gasteiger partial charge < -0.3 is 5.11 Å². The van der Waals surface area contributed by atoms with E-state index in [1.54, 1.807) is 0 Å². The Balaban J connectivity index is 3.25. The average Bonchev–Trinajstić information content (AvgIpc) is 2.53. The SMILES string of the molecule is CCCCCCCCCCCCC#CC#CCCCCC(=O)O. The molecule has 0 bridgehead atoms. The van der Waals surface area contributed by atoms with Crippen LogP contribution in [0.1, 0.15) is 103 Å². The number of carbonyl (C=O) groups is 1. The van der Waals surface area contributed by atoms with E-state index in [-0.39, 0.29) is 6.42 Å². The van der Waals surface area contributed by atoms with Crippen molar-refractivity contribution in [3.05, 3.63) is 0 Å². The molecule has 0 saturated carbocycles. The second kappa shape index (κ2) is 18.6. The van der Waals surface area contributed by atoms with Gasteiger partial charge in [-0.1, -0.05) is 76.6 Å². The number of hydrogen-bond donors (Lipinski definition) is 1. The number of rotatable bonds is 14. The molecule has 2 heteroatoms. The van der Waals surface area contributed by atoms with Crippen LogP contribution in [-0.4, -0.2) is 11.1 Å². The quantitative estimate of drug-likeness (QED) is 0.317. The topological polar surface area (TPSA) is 37.3 Å². The first-order valence-electron chi connectivity index (χ1n) is 9.45. The monoisotopic (exact) mass is 318 g/mol. The van der Waals surface area contributed by atoms with Crippen LogP contribution < -0.4 is 0 Å². The molecule has 0 aliphatic carbocycles. The molecule has 0 aromatic rings. The third kappa shape index (κ3) is 20.6. The van der Waals surface area contributed by atoms with Gasteiger partial charge in [-0.3, -0.25) is 4.79 Å². The van der Waals surface area contributed by atoms with E-state index in [0.29, 0.717) is 6.42 Å². The lowest BCUT2D eigenvalue weighted by Gasteiger charge is -2.00. The number of hydrogen-bond acceptors (Lipinski definition) is 1. The molecule has 0 fully saturated rings. The van der Waals surface area contributed by atoms with Crippen LogP contribution in [0.4, 0.5) is 0 Å². The van der Waals surface area contributed by atoms with Crippen molar-refractivity contribution in [3.8, 4) is 23.7 Å². The molecule has 0 heterocycles. The fourth-order valence-electron chi connectivity index (χ4n) is 2.40. The Hall–Kier alpha value is -1.41. The molecule has 0 rings (SSSR count). The van der Waals surface area contributed by atoms with Gasteiger partial charge in [0.2, 0.25) is 0 Å². The van der Waals surface area contributed by atoms with Gasteiger partial charge in [-0.2, -0.15) is 0 Å². The Labute approximate surface area is 143 Å². The van der Waals surface area contributed by atoms with Crippen LogP contribution >= 0.6 is 0 Å². The molecule has 1 N–H and O–H groups in total. The van der Waals surface area contributed by atoms with Crippen molar-refractivity contribution in [2.45, 2.75) is 103 Å². The normalized spacial score (nSPS) is 9.61. The highest BCUT2D eigenvalue weighted by Crippen LogP contribution is 2.10. The van der Waals surface area contributed by atoms with Gasteiger partial charge in [0.25, 0.3) is 0 Å². The molecule has 130 valence electrons. The Bertz CT molecular complexity index is 390. The molecule has 23 heavy (non-hydrogen) atoms. The molecule has 0 aliphatic heterocycles. The summed E-state index contributed by atoms with van der Waals surface area (Å²) in [5.41, 5.74) is 0. The summed E-state index contributed by atoms with van der Waals surface area (Å²) >= 11 is 0. The average molecular weight is 319 g/mol. The van der Waals surface area contributed by atoms with Crippen LogP contribution in [0.5, 0.6) is 0 Å². The van der Waals surface area contributed by atoms with Crippen molar-refractivity contribution < 1.29 is 9.90 Å². The summed E-state index contributed by atoms with van der Waals surface area (Å²) < 4.78 is 0. The highest BCUT2D eigenvalue weighted by Gasteiger charge is 1.94. The minimum atomic E-state index is -0.728. The maximum Gasteiger partial charge on any atom is 0.303 e. The molecule has 0 aromatic carbocycles. The Kier molecular flexibility index (Phi) is 17.5. The highest BCUT2D eigenvalue weighted by molar-refractivity contribution is 5.66. The summed E-state index contributed by atoms with van der Waals surface area (Å²) in [7, 11) is 0. The highest BCUT2D eigenvalue weighted by atomic mass is 16.4. The van der Waals surface area contributed by atoms with Gasteiger partial charge in [-0.15, -0.1) is 0 Å². The predicted molar refractivity (Wildman–Crippen MR) is 98.1 cm³/mol. The molecule has 0 atom stereocenters. The van der Waals surface area contributed by atoms with E-state index in [9.17, 15) is 4.79 Å². The van der Waals surface area contributed by atoms with Gasteiger partial charge in [-0.05, 0) is 31.1 Å². The largest absolute Gasteiger partial charge is 0.481 e. The Morgan fingerprint density at radius 1 is 0.696 bits per heavy atom. The Morgan fingerprint density at radius 2 is 1.13 bits per heavy atom. The summed E-state index contributed by atoms with van der Waals surface area (Å²) in [6, 6.07) is 0. The molecule has 0 unspecified atom stereocenters. The summed E-state index contributed by atoms with van der Waals surface area (Å²) in [6.07, 6.45) is 17.0. The first kappa shape index (κ1) is 21.6. The van der Waals surface area contributed by atoms with E-state index in [4.69, 9.17) is 5.11 Å². The molecule has 0 aromatic heterocycles. The molecule has 2 nitrogen and oxygen atoms in total. The van der Waals surface area contributed by atoms with Crippen LogP contribution in [0.15, 0.2) is 0 Å². The van der Waals surface area contributed by atoms with Crippen molar-refractivity contribution in [1.82, 2.24) is 0 Å². The van der Waals surface area contributed by atoms with E-state index in [2.05, 4.69) is 30.6 Å². The predicted octanol–water partition coefficient (Wildman–Crippen LogP) is 5.95. The molecule has 0 amide bonds. The molecule has 0 aliphatic rings. The Morgan fingerprint density at radius 3 is 1.61 bits per heavy atom. The van der Waals surface area contributed by atoms with E-state index < -0.39 is 5.97 Å². The van der Waals surface area contributed by atoms with Crippen molar-refractivity contribution in [1.29, 1.82) is 0 Å². The standard InChI is InChI=1S/C21H34O2/c1-2-3-4-5-6-7-8-9-10-11-12-13-14-15-16-17-18-19-20-21(22)23/h2-12,17-20H2,1H3,(H,22,23). The number of carboxylic acids is 1. The maximum absolute atomic E-state index is 10.3. The van der Waals surface area contributed by atoms with Crippen LogP contribution in [0.2, 0.25) is 0 Å².